The molecule has 2 amide bonds. The molecule has 2 aliphatic heterocycles. The van der Waals surface area contributed by atoms with E-state index in [1.807, 2.05) is 30.0 Å². The zero-order chi connectivity index (χ0) is 20.4. The number of piperazine rings is 1. The van der Waals surface area contributed by atoms with E-state index in [-0.39, 0.29) is 18.2 Å². The van der Waals surface area contributed by atoms with Crippen molar-refractivity contribution in [2.45, 2.75) is 32.9 Å². The molecule has 0 aliphatic carbocycles. The van der Waals surface area contributed by atoms with Gasteiger partial charge in [0.1, 0.15) is 5.75 Å². The molecule has 6 nitrogen and oxygen atoms in total. The molecule has 1 unspecified atom stereocenters. The zero-order valence-corrected chi connectivity index (χ0v) is 17.0. The Balaban J connectivity index is 1.30. The summed E-state index contributed by atoms with van der Waals surface area (Å²) in [5, 5.41) is 2.86. The first-order valence-electron chi connectivity index (χ1n) is 10.1. The van der Waals surface area contributed by atoms with E-state index in [4.69, 9.17) is 4.74 Å². The fourth-order valence-electron chi connectivity index (χ4n) is 3.91. The summed E-state index contributed by atoms with van der Waals surface area (Å²) in [7, 11) is 0. The molecule has 0 aromatic heterocycles. The summed E-state index contributed by atoms with van der Waals surface area (Å²) >= 11 is 0. The van der Waals surface area contributed by atoms with E-state index >= 15 is 0 Å². The van der Waals surface area contributed by atoms with Gasteiger partial charge in [0.15, 0.2) is 6.10 Å². The van der Waals surface area contributed by atoms with Crippen LogP contribution >= 0.6 is 0 Å². The first-order valence-corrected chi connectivity index (χ1v) is 10.1. The number of hydrogen-bond acceptors (Lipinski definition) is 4. The van der Waals surface area contributed by atoms with Gasteiger partial charge in [-0.05, 0) is 37.1 Å². The molecule has 1 atom stereocenters. The number of hydrogen-bond donors (Lipinski definition) is 1. The van der Waals surface area contributed by atoms with E-state index in [1.54, 1.807) is 0 Å². The van der Waals surface area contributed by atoms with E-state index < -0.39 is 6.10 Å². The molecule has 2 aromatic carbocycles. The van der Waals surface area contributed by atoms with Crippen molar-refractivity contribution in [1.29, 1.82) is 0 Å². The molecule has 2 aromatic rings. The van der Waals surface area contributed by atoms with Crippen molar-refractivity contribution in [3.05, 3.63) is 59.2 Å². The fraction of sp³-hybridized carbons (Fsp3) is 0.391. The van der Waals surface area contributed by atoms with Crippen LogP contribution in [0, 0.1) is 13.8 Å². The maximum absolute atomic E-state index is 12.7. The smallest absolute Gasteiger partial charge is 0.266 e. The molecule has 152 valence electrons. The van der Waals surface area contributed by atoms with Gasteiger partial charge in [-0.25, -0.2) is 0 Å². The Hall–Kier alpha value is -2.86. The summed E-state index contributed by atoms with van der Waals surface area (Å²) in [6.07, 6.45) is -0.708. The molecule has 2 heterocycles. The lowest BCUT2D eigenvalue weighted by atomic mass is 10.1. The molecule has 6 heteroatoms. The summed E-state index contributed by atoms with van der Waals surface area (Å²) in [5.74, 6) is 0.335. The third-order valence-electron chi connectivity index (χ3n) is 5.53. The molecule has 29 heavy (non-hydrogen) atoms. The predicted octanol–water partition coefficient (Wildman–Crippen LogP) is 2.74. The number of carbonyl (C=O) groups excluding carboxylic acids is 2. The van der Waals surface area contributed by atoms with Gasteiger partial charge < -0.3 is 15.0 Å². The van der Waals surface area contributed by atoms with E-state index in [0.29, 0.717) is 24.5 Å². The summed E-state index contributed by atoms with van der Waals surface area (Å²) < 4.78 is 5.80. The third kappa shape index (κ3) is 4.59. The van der Waals surface area contributed by atoms with Crippen LogP contribution in [-0.2, 0) is 16.1 Å². The number of carbonyl (C=O) groups is 2. The SMILES string of the molecule is Cc1cccc(CN2CCN(C(=O)CC3Oc4ccc(C)cc4NC3=O)CC2)c1. The topological polar surface area (TPSA) is 61.9 Å². The number of rotatable bonds is 4. The quantitative estimate of drug-likeness (QED) is 0.868. The highest BCUT2D eigenvalue weighted by atomic mass is 16.5. The third-order valence-corrected chi connectivity index (χ3v) is 5.53. The summed E-state index contributed by atoms with van der Waals surface area (Å²) in [6, 6.07) is 14.2. The highest BCUT2D eigenvalue weighted by molar-refractivity contribution is 6.00. The van der Waals surface area contributed by atoms with Crippen molar-refractivity contribution in [1.82, 2.24) is 9.80 Å². The molecule has 2 aliphatic rings. The van der Waals surface area contributed by atoms with E-state index in [1.165, 1.54) is 11.1 Å². The zero-order valence-electron chi connectivity index (χ0n) is 17.0. The summed E-state index contributed by atoms with van der Waals surface area (Å²) in [4.78, 5) is 29.3. The molecular formula is C23H27N3O3. The lowest BCUT2D eigenvalue weighted by Crippen LogP contribution is -2.50. The number of ether oxygens (including phenoxy) is 1. The normalized spacial score (nSPS) is 19.3. The van der Waals surface area contributed by atoms with Crippen LogP contribution in [0.1, 0.15) is 23.1 Å². The fourth-order valence-corrected chi connectivity index (χ4v) is 3.91. The Kier molecular flexibility index (Phi) is 5.53. The van der Waals surface area contributed by atoms with E-state index in [2.05, 4.69) is 41.4 Å². The Morgan fingerprint density at radius 2 is 1.83 bits per heavy atom. The van der Waals surface area contributed by atoms with Crippen LogP contribution in [-0.4, -0.2) is 53.9 Å². The number of nitrogens with zero attached hydrogens (tertiary/aromatic N) is 2. The average Bonchev–Trinajstić information content (AvgIpc) is 2.69. The van der Waals surface area contributed by atoms with Crippen LogP contribution in [0.2, 0.25) is 0 Å². The molecule has 1 N–H and O–H groups in total. The van der Waals surface area contributed by atoms with Crippen LogP contribution in [0.5, 0.6) is 5.75 Å². The largest absolute Gasteiger partial charge is 0.478 e. The van der Waals surface area contributed by atoms with Crippen molar-refractivity contribution in [2.75, 3.05) is 31.5 Å². The van der Waals surface area contributed by atoms with Gasteiger partial charge in [0, 0.05) is 32.7 Å². The number of fused-ring (bicyclic) bond motifs is 1. The highest BCUT2D eigenvalue weighted by Crippen LogP contribution is 2.31. The second kappa shape index (κ2) is 8.25. The van der Waals surface area contributed by atoms with Crippen LogP contribution in [0.3, 0.4) is 0 Å². The van der Waals surface area contributed by atoms with Gasteiger partial charge in [0.2, 0.25) is 5.91 Å². The van der Waals surface area contributed by atoms with E-state index in [0.717, 1.165) is 25.2 Å². The van der Waals surface area contributed by atoms with Gasteiger partial charge in [-0.15, -0.1) is 0 Å². The predicted molar refractivity (Wildman–Crippen MR) is 112 cm³/mol. The van der Waals surface area contributed by atoms with Gasteiger partial charge in [-0.2, -0.15) is 0 Å². The number of aryl methyl sites for hydroxylation is 2. The number of anilines is 1. The van der Waals surface area contributed by atoms with Crippen molar-refractivity contribution in [3.8, 4) is 5.75 Å². The Bertz CT molecular complexity index is 919. The van der Waals surface area contributed by atoms with Gasteiger partial charge in [0.25, 0.3) is 5.91 Å². The van der Waals surface area contributed by atoms with Crippen LogP contribution < -0.4 is 10.1 Å². The Morgan fingerprint density at radius 1 is 1.07 bits per heavy atom. The number of nitrogens with one attached hydrogen (secondary N) is 1. The lowest BCUT2D eigenvalue weighted by Gasteiger charge is -2.35. The molecule has 0 saturated carbocycles. The molecule has 1 saturated heterocycles. The Labute approximate surface area is 171 Å². The van der Waals surface area contributed by atoms with E-state index in [9.17, 15) is 9.59 Å². The van der Waals surface area contributed by atoms with Crippen LogP contribution in [0.25, 0.3) is 0 Å². The molecular weight excluding hydrogens is 366 g/mol. The van der Waals surface area contributed by atoms with Crippen LogP contribution in [0.4, 0.5) is 5.69 Å². The minimum atomic E-state index is -0.775. The summed E-state index contributed by atoms with van der Waals surface area (Å²) in [5.41, 5.74) is 4.28. The van der Waals surface area contributed by atoms with Crippen molar-refractivity contribution < 1.29 is 14.3 Å². The van der Waals surface area contributed by atoms with Gasteiger partial charge in [0.05, 0.1) is 12.1 Å². The number of benzene rings is 2. The standard InChI is InChI=1S/C23H27N3O3/c1-16-4-3-5-18(12-16)15-25-8-10-26(11-9-25)22(27)14-21-23(28)24-19-13-17(2)6-7-20(19)29-21/h3-7,12-13,21H,8-11,14-15H2,1-2H3,(H,24,28). The minimum absolute atomic E-state index is 0.0316. The molecule has 0 radical (unpaired) electrons. The second-order valence-corrected chi connectivity index (χ2v) is 7.95. The summed E-state index contributed by atoms with van der Waals surface area (Å²) in [6.45, 7) is 7.97. The van der Waals surface area contributed by atoms with Crippen molar-refractivity contribution >= 4 is 17.5 Å². The highest BCUT2D eigenvalue weighted by Gasteiger charge is 2.32. The first-order chi connectivity index (χ1) is 14.0. The minimum Gasteiger partial charge on any atom is -0.478 e. The van der Waals surface area contributed by atoms with Gasteiger partial charge >= 0.3 is 0 Å². The first kappa shape index (κ1) is 19.5. The Morgan fingerprint density at radius 3 is 2.59 bits per heavy atom. The maximum atomic E-state index is 12.7. The van der Waals surface area contributed by atoms with Crippen molar-refractivity contribution in [3.63, 3.8) is 0 Å². The van der Waals surface area contributed by atoms with Crippen LogP contribution in [0.15, 0.2) is 42.5 Å². The molecule has 0 spiro atoms. The average molecular weight is 393 g/mol. The van der Waals surface area contributed by atoms with Gasteiger partial charge in [-0.1, -0.05) is 35.9 Å². The molecule has 0 bridgehead atoms. The van der Waals surface area contributed by atoms with Crippen molar-refractivity contribution in [2.24, 2.45) is 0 Å². The molecule has 4 rings (SSSR count). The second-order valence-electron chi connectivity index (χ2n) is 7.95. The maximum Gasteiger partial charge on any atom is 0.266 e. The molecule has 1 fully saturated rings. The van der Waals surface area contributed by atoms with Gasteiger partial charge in [-0.3, -0.25) is 14.5 Å². The lowest BCUT2D eigenvalue weighted by molar-refractivity contribution is -0.138. The monoisotopic (exact) mass is 393 g/mol. The number of amides is 2.